The first-order valence-corrected chi connectivity index (χ1v) is 19.6. The number of aliphatic hydroxyl groups is 2. The topological polar surface area (TPSA) is 169 Å². The van der Waals surface area contributed by atoms with Crippen molar-refractivity contribution in [3.63, 3.8) is 0 Å². The molecule has 12 heteroatoms. The molecule has 5 atom stereocenters. The zero-order chi connectivity index (χ0) is 34.0. The maximum atomic E-state index is 12.8. The van der Waals surface area contributed by atoms with Gasteiger partial charge in [-0.15, -0.1) is 0 Å². The molecule has 1 unspecified atom stereocenters. The molecule has 11 nitrogen and oxygen atoms in total. The van der Waals surface area contributed by atoms with Crippen molar-refractivity contribution in [3.8, 4) is 0 Å². The molecule has 0 bridgehead atoms. The van der Waals surface area contributed by atoms with E-state index in [1.165, 1.54) is 83.5 Å². The Morgan fingerprint density at radius 1 is 0.674 bits per heavy atom. The number of hydrogen-bond donors (Lipinski definition) is 4. The second kappa shape index (κ2) is 26.6. The van der Waals surface area contributed by atoms with Crippen LogP contribution in [-0.4, -0.2) is 72.3 Å². The maximum absolute atomic E-state index is 12.8. The number of hydrogen-bond acceptors (Lipinski definition) is 9. The molecule has 1 amide bonds. The van der Waals surface area contributed by atoms with Crippen molar-refractivity contribution in [1.82, 2.24) is 5.32 Å². The Labute approximate surface area is 278 Å². The van der Waals surface area contributed by atoms with Gasteiger partial charge in [0.2, 0.25) is 5.91 Å². The summed E-state index contributed by atoms with van der Waals surface area (Å²) in [5, 5.41) is 23.0. The number of unbranched alkanes of at least 4 members (excludes halogenated alkanes) is 20. The zero-order valence-electron chi connectivity index (χ0n) is 28.7. The third-order valence-electron chi connectivity index (χ3n) is 8.67. The number of ether oxygens (including phenoxy) is 2. The number of nitrogens with one attached hydrogen (secondary N) is 1. The molecule has 0 aliphatic carbocycles. The third-order valence-corrected chi connectivity index (χ3v) is 9.13. The van der Waals surface area contributed by atoms with Gasteiger partial charge in [0.15, 0.2) is 12.4 Å². The standard InChI is InChI=1S/C34H65NO10S/c1-3-5-7-9-11-13-15-17-19-21-23-25-29(37)35-31-33(32(45-46(40,41)42)28(27-36)43-34(31)39)44-30(38)26-24-22-20-18-16-14-12-10-8-6-4-2/h28,31-34,36,39H,3-27H2,1-2H3,(H,35,37)(H,40,41,42)/t28-,31-,32-,33-,34?/m1/s1. The highest BCUT2D eigenvalue weighted by Crippen LogP contribution is 2.27. The van der Waals surface area contributed by atoms with Crippen LogP contribution >= 0.6 is 0 Å². The Morgan fingerprint density at radius 2 is 1.09 bits per heavy atom. The first kappa shape index (κ1) is 42.7. The summed E-state index contributed by atoms with van der Waals surface area (Å²) in [5.74, 6) is -1.09. The molecular formula is C34H65NO10S. The predicted molar refractivity (Wildman–Crippen MR) is 178 cm³/mol. The van der Waals surface area contributed by atoms with Gasteiger partial charge < -0.3 is 25.0 Å². The number of esters is 1. The molecule has 0 aromatic rings. The number of rotatable bonds is 29. The van der Waals surface area contributed by atoms with Crippen LogP contribution in [0.25, 0.3) is 0 Å². The summed E-state index contributed by atoms with van der Waals surface area (Å²) in [6, 6.07) is -1.36. The smallest absolute Gasteiger partial charge is 0.397 e. The van der Waals surface area contributed by atoms with Crippen LogP contribution in [-0.2, 0) is 33.6 Å². The molecule has 0 aromatic carbocycles. The summed E-state index contributed by atoms with van der Waals surface area (Å²) in [6.07, 6.45) is 18.5. The van der Waals surface area contributed by atoms with E-state index >= 15 is 0 Å². The SMILES string of the molecule is CCCCCCCCCCCCCC(=O)N[C@H]1C(O)O[C@H](CO)[C@@H](OS(=O)(=O)O)[C@@H]1OC(=O)CCCCCCCCCCCCC. The van der Waals surface area contributed by atoms with Crippen molar-refractivity contribution in [2.75, 3.05) is 6.61 Å². The Hall–Kier alpha value is -1.31. The quantitative estimate of drug-likeness (QED) is 0.0380. The lowest BCUT2D eigenvalue weighted by atomic mass is 9.96. The van der Waals surface area contributed by atoms with Crippen LogP contribution in [0.4, 0.5) is 0 Å². The van der Waals surface area contributed by atoms with Gasteiger partial charge in [-0.1, -0.05) is 142 Å². The molecule has 46 heavy (non-hydrogen) atoms. The fraction of sp³-hybridized carbons (Fsp3) is 0.941. The zero-order valence-corrected chi connectivity index (χ0v) is 29.5. The number of carbonyl (C=O) groups excluding carboxylic acids is 2. The van der Waals surface area contributed by atoms with E-state index in [4.69, 9.17) is 13.7 Å². The molecule has 1 aliphatic rings. The van der Waals surface area contributed by atoms with E-state index in [9.17, 15) is 32.8 Å². The summed E-state index contributed by atoms with van der Waals surface area (Å²) < 4.78 is 48.2. The van der Waals surface area contributed by atoms with Crippen molar-refractivity contribution in [1.29, 1.82) is 0 Å². The first-order valence-electron chi connectivity index (χ1n) is 18.2. The van der Waals surface area contributed by atoms with E-state index in [1.807, 2.05) is 0 Å². The lowest BCUT2D eigenvalue weighted by Gasteiger charge is -2.43. The molecule has 272 valence electrons. The lowest BCUT2D eigenvalue weighted by Crippen LogP contribution is -2.66. The summed E-state index contributed by atoms with van der Waals surface area (Å²) in [4.78, 5) is 25.6. The van der Waals surface area contributed by atoms with E-state index in [0.29, 0.717) is 12.8 Å². The highest BCUT2D eigenvalue weighted by atomic mass is 32.3. The van der Waals surface area contributed by atoms with Crippen LogP contribution in [0.5, 0.6) is 0 Å². The molecule has 0 aromatic heterocycles. The van der Waals surface area contributed by atoms with Gasteiger partial charge in [-0.25, -0.2) is 4.18 Å². The molecule has 4 N–H and O–H groups in total. The van der Waals surface area contributed by atoms with Crippen LogP contribution < -0.4 is 5.32 Å². The van der Waals surface area contributed by atoms with Crippen molar-refractivity contribution in [2.45, 2.75) is 199 Å². The van der Waals surface area contributed by atoms with Gasteiger partial charge in [-0.3, -0.25) is 14.1 Å². The summed E-state index contributed by atoms with van der Waals surface area (Å²) in [7, 11) is -5.05. The summed E-state index contributed by atoms with van der Waals surface area (Å²) in [5.41, 5.74) is 0. The van der Waals surface area contributed by atoms with Crippen LogP contribution in [0.1, 0.15) is 168 Å². The second-order valence-corrected chi connectivity index (χ2v) is 13.9. The van der Waals surface area contributed by atoms with Crippen molar-refractivity contribution < 1.29 is 46.4 Å². The fourth-order valence-electron chi connectivity index (χ4n) is 5.97. The van der Waals surface area contributed by atoms with Crippen molar-refractivity contribution in [2.24, 2.45) is 0 Å². The lowest BCUT2D eigenvalue weighted by molar-refractivity contribution is -0.254. The maximum Gasteiger partial charge on any atom is 0.397 e. The molecule has 0 radical (unpaired) electrons. The number of aliphatic hydroxyl groups excluding tert-OH is 2. The Balaban J connectivity index is 2.57. The largest absolute Gasteiger partial charge is 0.457 e. The van der Waals surface area contributed by atoms with Crippen molar-refractivity contribution >= 4 is 22.3 Å². The highest BCUT2D eigenvalue weighted by Gasteiger charge is 2.50. The molecule has 0 spiro atoms. The van der Waals surface area contributed by atoms with Crippen LogP contribution in [0.3, 0.4) is 0 Å². The first-order chi connectivity index (χ1) is 22.1. The van der Waals surface area contributed by atoms with E-state index in [-0.39, 0.29) is 12.8 Å². The fourth-order valence-corrected chi connectivity index (χ4v) is 6.48. The predicted octanol–water partition coefficient (Wildman–Crippen LogP) is 6.68. The minimum Gasteiger partial charge on any atom is -0.457 e. The van der Waals surface area contributed by atoms with Crippen LogP contribution in [0, 0.1) is 0 Å². The molecule has 1 saturated heterocycles. The van der Waals surface area contributed by atoms with E-state index < -0.39 is 59.5 Å². The average molecular weight is 680 g/mol. The van der Waals surface area contributed by atoms with E-state index in [1.54, 1.807) is 0 Å². The van der Waals surface area contributed by atoms with Crippen LogP contribution in [0.2, 0.25) is 0 Å². The Kier molecular flexibility index (Phi) is 24.7. The molecule has 1 fully saturated rings. The molecule has 1 aliphatic heterocycles. The normalized spacial score (nSPS) is 21.7. The third kappa shape index (κ3) is 20.8. The van der Waals surface area contributed by atoms with Gasteiger partial charge in [-0.05, 0) is 12.8 Å². The van der Waals surface area contributed by atoms with Crippen molar-refractivity contribution in [3.05, 3.63) is 0 Å². The minimum atomic E-state index is -5.05. The van der Waals surface area contributed by atoms with Gasteiger partial charge in [0.25, 0.3) is 0 Å². The van der Waals surface area contributed by atoms with E-state index in [0.717, 1.165) is 44.9 Å². The van der Waals surface area contributed by atoms with Gasteiger partial charge in [-0.2, -0.15) is 8.42 Å². The molecule has 1 heterocycles. The monoisotopic (exact) mass is 679 g/mol. The second-order valence-electron chi connectivity index (χ2n) is 12.9. The van der Waals surface area contributed by atoms with Gasteiger partial charge in [0, 0.05) is 12.8 Å². The van der Waals surface area contributed by atoms with Crippen LogP contribution in [0.15, 0.2) is 0 Å². The molecule has 0 saturated carbocycles. The summed E-state index contributed by atoms with van der Waals surface area (Å²) >= 11 is 0. The Morgan fingerprint density at radius 3 is 1.50 bits per heavy atom. The van der Waals surface area contributed by atoms with Gasteiger partial charge >= 0.3 is 16.4 Å². The highest BCUT2D eigenvalue weighted by molar-refractivity contribution is 7.80. The van der Waals surface area contributed by atoms with Gasteiger partial charge in [0.1, 0.15) is 18.2 Å². The Bertz CT molecular complexity index is 887. The van der Waals surface area contributed by atoms with Gasteiger partial charge in [0.05, 0.1) is 6.61 Å². The molecular weight excluding hydrogens is 614 g/mol. The molecule has 1 rings (SSSR count). The number of carbonyl (C=O) groups is 2. The number of amides is 1. The average Bonchev–Trinajstić information content (AvgIpc) is 3.01. The minimum absolute atomic E-state index is 0.0479. The summed E-state index contributed by atoms with van der Waals surface area (Å²) in [6.45, 7) is 3.63. The van der Waals surface area contributed by atoms with E-state index in [2.05, 4.69) is 19.2 Å².